The average molecular weight is 483 g/mol. The third-order valence-electron chi connectivity index (χ3n) is 5.34. The quantitative estimate of drug-likeness (QED) is 0.489. The Morgan fingerprint density at radius 1 is 1.06 bits per heavy atom. The van der Waals surface area contributed by atoms with Gasteiger partial charge < -0.3 is 19.7 Å². The first-order valence-electron chi connectivity index (χ1n) is 10.3. The number of methoxy groups -OCH3 is 2. The highest BCUT2D eigenvalue weighted by molar-refractivity contribution is 8.00. The van der Waals surface area contributed by atoms with Crippen molar-refractivity contribution < 1.29 is 19.1 Å². The van der Waals surface area contributed by atoms with Crippen molar-refractivity contribution in [3.05, 3.63) is 88.4 Å². The van der Waals surface area contributed by atoms with E-state index in [9.17, 15) is 9.59 Å². The topological polar surface area (TPSA) is 67.9 Å². The molecule has 1 fully saturated rings. The molecule has 0 aliphatic carbocycles. The van der Waals surface area contributed by atoms with Crippen LogP contribution in [-0.2, 0) is 11.3 Å². The summed E-state index contributed by atoms with van der Waals surface area (Å²) in [5, 5.41) is 3.15. The number of nitrogens with one attached hydrogen (secondary N) is 1. The Labute approximate surface area is 201 Å². The number of hydrogen-bond acceptors (Lipinski definition) is 5. The van der Waals surface area contributed by atoms with Gasteiger partial charge in [0.25, 0.3) is 5.91 Å². The van der Waals surface area contributed by atoms with Crippen molar-refractivity contribution in [2.75, 3.05) is 25.3 Å². The Bertz CT molecular complexity index is 1160. The minimum Gasteiger partial charge on any atom is -0.495 e. The Morgan fingerprint density at radius 3 is 2.42 bits per heavy atom. The number of halogens is 1. The van der Waals surface area contributed by atoms with Gasteiger partial charge in [0, 0.05) is 24.2 Å². The summed E-state index contributed by atoms with van der Waals surface area (Å²) < 4.78 is 10.6. The highest BCUT2D eigenvalue weighted by Gasteiger charge is 2.32. The van der Waals surface area contributed by atoms with Crippen LogP contribution in [0.3, 0.4) is 0 Å². The molecule has 8 heteroatoms. The van der Waals surface area contributed by atoms with Gasteiger partial charge in [-0.05, 0) is 23.3 Å². The van der Waals surface area contributed by atoms with Crippen molar-refractivity contribution in [3.63, 3.8) is 0 Å². The summed E-state index contributed by atoms with van der Waals surface area (Å²) in [6.07, 6.45) is 0. The number of hydrogen-bond donors (Lipinski definition) is 1. The minimum atomic E-state index is -0.291. The molecule has 1 N–H and O–H groups in total. The van der Waals surface area contributed by atoms with E-state index in [-0.39, 0.29) is 17.2 Å². The highest BCUT2D eigenvalue weighted by atomic mass is 35.5. The van der Waals surface area contributed by atoms with Crippen LogP contribution < -0.4 is 14.8 Å². The molecule has 1 atom stereocenters. The summed E-state index contributed by atoms with van der Waals surface area (Å²) >= 11 is 7.73. The van der Waals surface area contributed by atoms with E-state index in [2.05, 4.69) is 5.32 Å². The lowest BCUT2D eigenvalue weighted by Gasteiger charge is -2.24. The van der Waals surface area contributed by atoms with Crippen LogP contribution in [0, 0.1) is 0 Å². The van der Waals surface area contributed by atoms with E-state index in [0.717, 1.165) is 11.1 Å². The van der Waals surface area contributed by atoms with Crippen LogP contribution in [0.1, 0.15) is 26.9 Å². The number of anilines is 1. The van der Waals surface area contributed by atoms with Gasteiger partial charge in [-0.3, -0.25) is 9.59 Å². The van der Waals surface area contributed by atoms with Gasteiger partial charge in [0.2, 0.25) is 5.91 Å². The molecule has 0 radical (unpaired) electrons. The van der Waals surface area contributed by atoms with Crippen molar-refractivity contribution in [2.45, 2.75) is 11.9 Å². The molecule has 6 nitrogen and oxygen atoms in total. The number of nitrogens with zero attached hydrogens (tertiary/aromatic N) is 1. The lowest BCUT2D eigenvalue weighted by molar-refractivity contribution is -0.128. The predicted octanol–water partition coefficient (Wildman–Crippen LogP) is 5.38. The molecule has 0 unspecified atom stereocenters. The molecule has 2 amide bonds. The summed E-state index contributed by atoms with van der Waals surface area (Å²) in [6.45, 7) is 0.553. The van der Waals surface area contributed by atoms with Gasteiger partial charge in [-0.25, -0.2) is 0 Å². The lowest BCUT2D eigenvalue weighted by Crippen LogP contribution is -2.27. The molecular weight excluding hydrogens is 460 g/mol. The van der Waals surface area contributed by atoms with Gasteiger partial charge in [0.1, 0.15) is 16.9 Å². The highest BCUT2D eigenvalue weighted by Crippen LogP contribution is 2.40. The fourth-order valence-electron chi connectivity index (χ4n) is 3.63. The third kappa shape index (κ3) is 5.10. The molecule has 4 rings (SSSR count). The van der Waals surface area contributed by atoms with Crippen molar-refractivity contribution >= 4 is 40.9 Å². The summed E-state index contributed by atoms with van der Waals surface area (Å²) in [5.41, 5.74) is 3.00. The Hall–Kier alpha value is -3.16. The number of benzene rings is 3. The molecule has 0 bridgehead atoms. The van der Waals surface area contributed by atoms with Crippen molar-refractivity contribution in [1.29, 1.82) is 0 Å². The lowest BCUT2D eigenvalue weighted by atomic mass is 10.1. The Morgan fingerprint density at radius 2 is 1.76 bits per heavy atom. The van der Waals surface area contributed by atoms with E-state index in [1.54, 1.807) is 36.0 Å². The first-order chi connectivity index (χ1) is 16.0. The number of carbonyl (C=O) groups excluding carboxylic acids is 2. The Kier molecular flexibility index (Phi) is 7.11. The summed E-state index contributed by atoms with van der Waals surface area (Å²) in [4.78, 5) is 27.2. The molecule has 3 aromatic carbocycles. The molecule has 0 aromatic heterocycles. The van der Waals surface area contributed by atoms with Gasteiger partial charge in [0.05, 0.1) is 30.7 Å². The zero-order valence-corrected chi connectivity index (χ0v) is 19.8. The molecule has 1 aliphatic heterocycles. The number of thioether (sulfide) groups is 1. The molecular formula is C25H23ClN2O4S. The van der Waals surface area contributed by atoms with Crippen LogP contribution in [0.5, 0.6) is 11.5 Å². The number of carbonyl (C=O) groups is 2. The van der Waals surface area contributed by atoms with Crippen LogP contribution in [0.4, 0.5) is 5.69 Å². The van der Waals surface area contributed by atoms with E-state index < -0.39 is 0 Å². The fraction of sp³-hybridized carbons (Fsp3) is 0.200. The zero-order chi connectivity index (χ0) is 23.4. The van der Waals surface area contributed by atoms with E-state index >= 15 is 0 Å². The van der Waals surface area contributed by atoms with Crippen LogP contribution in [-0.4, -0.2) is 36.7 Å². The second kappa shape index (κ2) is 10.2. The predicted molar refractivity (Wildman–Crippen MR) is 131 cm³/mol. The molecule has 3 aromatic rings. The third-order valence-corrected chi connectivity index (χ3v) is 6.90. The van der Waals surface area contributed by atoms with E-state index in [1.807, 2.05) is 47.4 Å². The first-order valence-corrected chi connectivity index (χ1v) is 11.7. The molecule has 1 aliphatic rings. The van der Waals surface area contributed by atoms with Gasteiger partial charge in [-0.15, -0.1) is 11.8 Å². The van der Waals surface area contributed by atoms with Crippen LogP contribution >= 0.6 is 23.4 Å². The van der Waals surface area contributed by atoms with Gasteiger partial charge in [0.15, 0.2) is 0 Å². The van der Waals surface area contributed by atoms with Gasteiger partial charge in [-0.2, -0.15) is 0 Å². The average Bonchev–Trinajstić information content (AvgIpc) is 3.20. The first kappa shape index (κ1) is 23.0. The second-order valence-electron chi connectivity index (χ2n) is 7.43. The molecule has 1 heterocycles. The second-order valence-corrected chi connectivity index (χ2v) is 8.91. The largest absolute Gasteiger partial charge is 0.495 e. The van der Waals surface area contributed by atoms with Crippen LogP contribution in [0.25, 0.3) is 0 Å². The minimum absolute atomic E-state index is 0.0876. The van der Waals surface area contributed by atoms with Gasteiger partial charge in [-0.1, -0.05) is 54.1 Å². The van der Waals surface area contributed by atoms with Crippen LogP contribution in [0.2, 0.25) is 5.02 Å². The number of amides is 2. The zero-order valence-electron chi connectivity index (χ0n) is 18.2. The Balaban J connectivity index is 1.50. The normalized spacial score (nSPS) is 15.4. The van der Waals surface area contributed by atoms with E-state index in [0.29, 0.717) is 40.1 Å². The number of ether oxygens (including phenoxy) is 2. The van der Waals surface area contributed by atoms with E-state index in [1.165, 1.54) is 14.2 Å². The summed E-state index contributed by atoms with van der Waals surface area (Å²) in [5.74, 6) is 1.13. The standard InChI is InChI=1S/C25H23ClN2O4S/c1-31-21-13-20(22(32-2)12-19(21)26)27-24(30)17-8-10-18(11-9-17)25-28(23(29)15-33-25)14-16-6-4-3-5-7-16/h3-13,25H,14-15H2,1-2H3,(H,27,30)/t25-/m1/s1. The molecule has 0 spiro atoms. The molecule has 0 saturated carbocycles. The smallest absolute Gasteiger partial charge is 0.255 e. The van der Waals surface area contributed by atoms with Crippen molar-refractivity contribution in [3.8, 4) is 11.5 Å². The van der Waals surface area contributed by atoms with E-state index in [4.69, 9.17) is 21.1 Å². The molecule has 1 saturated heterocycles. The van der Waals surface area contributed by atoms with Crippen LogP contribution in [0.15, 0.2) is 66.7 Å². The number of rotatable bonds is 7. The SMILES string of the molecule is COc1cc(NC(=O)c2ccc([C@H]3SCC(=O)N3Cc3ccccc3)cc2)c(OC)cc1Cl. The maximum Gasteiger partial charge on any atom is 0.255 e. The fourth-order valence-corrected chi connectivity index (χ4v) is 5.05. The van der Waals surface area contributed by atoms with Crippen molar-refractivity contribution in [2.24, 2.45) is 0 Å². The summed E-state index contributed by atoms with van der Waals surface area (Å²) in [7, 11) is 3.01. The maximum absolute atomic E-state index is 12.8. The monoisotopic (exact) mass is 482 g/mol. The maximum atomic E-state index is 12.8. The molecule has 33 heavy (non-hydrogen) atoms. The van der Waals surface area contributed by atoms with Crippen molar-refractivity contribution in [1.82, 2.24) is 4.90 Å². The van der Waals surface area contributed by atoms with Gasteiger partial charge >= 0.3 is 0 Å². The summed E-state index contributed by atoms with van der Waals surface area (Å²) in [6, 6.07) is 20.4. The molecule has 170 valence electrons.